The van der Waals surface area contributed by atoms with Gasteiger partial charge in [-0.1, -0.05) is 20.8 Å². The van der Waals surface area contributed by atoms with E-state index in [9.17, 15) is 5.11 Å². The number of aromatic nitrogens is 2. The first-order chi connectivity index (χ1) is 9.12. The summed E-state index contributed by atoms with van der Waals surface area (Å²) in [5.41, 5.74) is 1.01. The molecule has 19 heavy (non-hydrogen) atoms. The van der Waals surface area contributed by atoms with Crippen LogP contribution in [0.3, 0.4) is 0 Å². The molecule has 5 heteroatoms. The molecular weight excluding hydrogens is 240 g/mol. The Labute approximate surface area is 115 Å². The number of aliphatic hydroxyl groups is 1. The Kier molecular flexibility index (Phi) is 6.56. The van der Waals surface area contributed by atoms with Crippen LogP contribution in [0.15, 0.2) is 0 Å². The van der Waals surface area contributed by atoms with Gasteiger partial charge < -0.3 is 15.7 Å². The lowest BCUT2D eigenvalue weighted by Gasteiger charge is -2.16. The lowest BCUT2D eigenvalue weighted by molar-refractivity contribution is 0.183. The van der Waals surface area contributed by atoms with Crippen LogP contribution in [0.4, 0.5) is 11.6 Å². The smallest absolute Gasteiger partial charge is 0.134 e. The fourth-order valence-corrected chi connectivity index (χ4v) is 1.67. The van der Waals surface area contributed by atoms with E-state index in [1.54, 1.807) is 0 Å². The Morgan fingerprint density at radius 3 is 2.26 bits per heavy atom. The summed E-state index contributed by atoms with van der Waals surface area (Å²) in [6, 6.07) is 0. The molecule has 0 saturated heterocycles. The minimum Gasteiger partial charge on any atom is -0.391 e. The molecule has 108 valence electrons. The predicted octanol–water partition coefficient (Wildman–Crippen LogP) is 2.35. The van der Waals surface area contributed by atoms with Crippen molar-refractivity contribution in [2.75, 3.05) is 23.7 Å². The number of hydrogen-bond acceptors (Lipinski definition) is 5. The lowest BCUT2D eigenvalue weighted by atomic mass is 10.2. The quantitative estimate of drug-likeness (QED) is 0.674. The van der Waals surface area contributed by atoms with Crippen LogP contribution in [0.2, 0.25) is 0 Å². The highest BCUT2D eigenvalue weighted by atomic mass is 16.3. The molecule has 0 aliphatic rings. The molecule has 0 spiro atoms. The summed E-state index contributed by atoms with van der Waals surface area (Å²) in [6.07, 6.45) is 2.25. The molecule has 0 aromatic carbocycles. The number of nitrogens with one attached hydrogen (secondary N) is 2. The van der Waals surface area contributed by atoms with Crippen molar-refractivity contribution in [3.05, 3.63) is 11.4 Å². The van der Waals surface area contributed by atoms with Gasteiger partial charge in [0.2, 0.25) is 0 Å². The van der Waals surface area contributed by atoms with Crippen LogP contribution >= 0.6 is 0 Å². The molecule has 1 atom stereocenters. The second-order valence-corrected chi connectivity index (χ2v) is 4.69. The maximum atomic E-state index is 9.63. The summed E-state index contributed by atoms with van der Waals surface area (Å²) in [5.74, 6) is 2.53. The van der Waals surface area contributed by atoms with Gasteiger partial charge in [-0.15, -0.1) is 0 Å². The highest BCUT2D eigenvalue weighted by Crippen LogP contribution is 2.20. The number of anilines is 2. The highest BCUT2D eigenvalue weighted by molar-refractivity contribution is 5.57. The fourth-order valence-electron chi connectivity index (χ4n) is 1.67. The van der Waals surface area contributed by atoms with Gasteiger partial charge in [0, 0.05) is 25.1 Å². The topological polar surface area (TPSA) is 70.1 Å². The Bertz CT molecular complexity index is 395. The summed E-state index contributed by atoms with van der Waals surface area (Å²) in [5, 5.41) is 16.2. The second-order valence-electron chi connectivity index (χ2n) is 4.69. The van der Waals surface area contributed by atoms with E-state index in [0.717, 1.165) is 48.8 Å². The molecular formula is C14H26N4O. The Morgan fingerprint density at radius 2 is 1.74 bits per heavy atom. The Morgan fingerprint density at radius 1 is 1.11 bits per heavy atom. The van der Waals surface area contributed by atoms with Crippen molar-refractivity contribution in [2.45, 2.75) is 53.1 Å². The molecule has 5 nitrogen and oxygen atoms in total. The van der Waals surface area contributed by atoms with E-state index in [4.69, 9.17) is 0 Å². The summed E-state index contributed by atoms with van der Waals surface area (Å²) in [7, 11) is 0. The predicted molar refractivity (Wildman–Crippen MR) is 79.7 cm³/mol. The van der Waals surface area contributed by atoms with Crippen LogP contribution in [0.1, 0.15) is 45.0 Å². The number of hydrogen-bond donors (Lipinski definition) is 3. The van der Waals surface area contributed by atoms with Gasteiger partial charge in [0.25, 0.3) is 0 Å². The first kappa shape index (κ1) is 15.7. The highest BCUT2D eigenvalue weighted by Gasteiger charge is 2.10. The molecule has 1 heterocycles. The first-order valence-corrected chi connectivity index (χ1v) is 7.15. The molecule has 1 unspecified atom stereocenters. The van der Waals surface area contributed by atoms with Gasteiger partial charge in [-0.05, 0) is 19.8 Å². The Hall–Kier alpha value is -1.36. The minimum absolute atomic E-state index is 0.341. The van der Waals surface area contributed by atoms with Crippen LogP contribution in [0.5, 0.6) is 0 Å². The number of aliphatic hydroxyl groups excluding tert-OH is 1. The third kappa shape index (κ3) is 4.67. The normalized spacial score (nSPS) is 12.3. The monoisotopic (exact) mass is 266 g/mol. The van der Waals surface area contributed by atoms with Crippen LogP contribution in [-0.4, -0.2) is 34.3 Å². The molecule has 0 fully saturated rings. The molecule has 0 aliphatic heterocycles. The number of rotatable bonds is 8. The van der Waals surface area contributed by atoms with Crippen LogP contribution in [0.25, 0.3) is 0 Å². The third-order valence-electron chi connectivity index (χ3n) is 3.03. The molecule has 1 aromatic rings. The van der Waals surface area contributed by atoms with Crippen LogP contribution in [-0.2, 0) is 6.42 Å². The molecule has 1 rings (SSSR count). The van der Waals surface area contributed by atoms with Crippen molar-refractivity contribution in [2.24, 2.45) is 0 Å². The van der Waals surface area contributed by atoms with E-state index >= 15 is 0 Å². The summed E-state index contributed by atoms with van der Waals surface area (Å²) < 4.78 is 0. The van der Waals surface area contributed by atoms with E-state index in [1.807, 2.05) is 20.8 Å². The summed E-state index contributed by atoms with van der Waals surface area (Å²) >= 11 is 0. The largest absolute Gasteiger partial charge is 0.391 e. The zero-order valence-electron chi connectivity index (χ0n) is 12.5. The van der Waals surface area contributed by atoms with Gasteiger partial charge in [-0.25, -0.2) is 9.97 Å². The van der Waals surface area contributed by atoms with Gasteiger partial charge in [-0.3, -0.25) is 0 Å². The van der Waals surface area contributed by atoms with Gasteiger partial charge in [0.05, 0.1) is 6.10 Å². The van der Waals surface area contributed by atoms with Gasteiger partial charge in [0.1, 0.15) is 17.5 Å². The van der Waals surface area contributed by atoms with E-state index < -0.39 is 0 Å². The lowest BCUT2D eigenvalue weighted by Crippen LogP contribution is -2.20. The van der Waals surface area contributed by atoms with Crippen molar-refractivity contribution < 1.29 is 5.11 Å². The van der Waals surface area contributed by atoms with Gasteiger partial charge in [0.15, 0.2) is 0 Å². The molecule has 0 bridgehead atoms. The maximum Gasteiger partial charge on any atom is 0.134 e. The van der Waals surface area contributed by atoms with Crippen molar-refractivity contribution in [1.82, 2.24) is 9.97 Å². The van der Waals surface area contributed by atoms with Crippen LogP contribution < -0.4 is 10.6 Å². The summed E-state index contributed by atoms with van der Waals surface area (Å²) in [4.78, 5) is 9.00. The average molecular weight is 266 g/mol. The average Bonchev–Trinajstić information content (AvgIpc) is 2.44. The van der Waals surface area contributed by atoms with E-state index in [0.29, 0.717) is 6.54 Å². The third-order valence-corrected chi connectivity index (χ3v) is 3.03. The number of aryl methyl sites for hydroxylation is 1. The van der Waals surface area contributed by atoms with Crippen molar-refractivity contribution in [1.29, 1.82) is 0 Å². The van der Waals surface area contributed by atoms with E-state index in [2.05, 4.69) is 27.5 Å². The Balaban J connectivity index is 2.88. The van der Waals surface area contributed by atoms with Crippen molar-refractivity contribution in [3.8, 4) is 0 Å². The molecule has 0 amide bonds. The SMILES string of the molecule is CCCNc1nc(CC)nc(NCC(O)CC)c1C. The van der Waals surface area contributed by atoms with Gasteiger partial charge >= 0.3 is 0 Å². The zero-order valence-corrected chi connectivity index (χ0v) is 12.5. The molecule has 0 saturated carbocycles. The van der Waals surface area contributed by atoms with E-state index in [-0.39, 0.29) is 6.10 Å². The van der Waals surface area contributed by atoms with E-state index in [1.165, 1.54) is 0 Å². The molecule has 0 radical (unpaired) electrons. The number of nitrogens with zero attached hydrogens (tertiary/aromatic N) is 2. The minimum atomic E-state index is -0.341. The zero-order chi connectivity index (χ0) is 14.3. The standard InChI is InChI=1S/C14H26N4O/c1-5-8-15-13-10(4)14(16-9-11(19)6-2)18-12(7-3)17-13/h11,19H,5-9H2,1-4H3,(H2,15,16,17,18). The molecule has 3 N–H and O–H groups in total. The molecule has 0 aliphatic carbocycles. The van der Waals surface area contributed by atoms with Crippen molar-refractivity contribution in [3.63, 3.8) is 0 Å². The fraction of sp³-hybridized carbons (Fsp3) is 0.714. The van der Waals surface area contributed by atoms with Crippen LogP contribution in [0, 0.1) is 6.92 Å². The molecule has 1 aromatic heterocycles. The first-order valence-electron chi connectivity index (χ1n) is 7.15. The second kappa shape index (κ2) is 7.94. The summed E-state index contributed by atoms with van der Waals surface area (Å²) in [6.45, 7) is 9.55. The maximum absolute atomic E-state index is 9.63. The van der Waals surface area contributed by atoms with Gasteiger partial charge in [-0.2, -0.15) is 0 Å². The van der Waals surface area contributed by atoms with Crippen molar-refractivity contribution >= 4 is 11.6 Å².